The van der Waals surface area contributed by atoms with Gasteiger partial charge in [0.25, 0.3) is 5.82 Å². The van der Waals surface area contributed by atoms with E-state index in [4.69, 9.17) is 5.73 Å². The van der Waals surface area contributed by atoms with Crippen LogP contribution in [0.4, 0.5) is 11.6 Å². The molecular weight excluding hydrogens is 316 g/mol. The predicted molar refractivity (Wildman–Crippen MR) is 84.6 cm³/mol. The van der Waals surface area contributed by atoms with Gasteiger partial charge in [-0.05, 0) is 24.0 Å². The Morgan fingerprint density at radius 1 is 1.42 bits per heavy atom. The number of fused-ring (bicyclic) bond motifs is 1. The van der Waals surface area contributed by atoms with Crippen molar-refractivity contribution in [3.8, 4) is 11.6 Å². The van der Waals surface area contributed by atoms with Crippen LogP contribution >= 0.6 is 0 Å². The minimum absolute atomic E-state index is 0.160. The van der Waals surface area contributed by atoms with Gasteiger partial charge in [-0.25, -0.2) is 9.55 Å². The van der Waals surface area contributed by atoms with E-state index >= 15 is 0 Å². The smallest absolute Gasteiger partial charge is 0.343 e. The van der Waals surface area contributed by atoms with Crippen LogP contribution in [0, 0.1) is 10.1 Å². The van der Waals surface area contributed by atoms with E-state index in [2.05, 4.69) is 30.6 Å². The highest BCUT2D eigenvalue weighted by Gasteiger charge is 2.23. The summed E-state index contributed by atoms with van der Waals surface area (Å²) in [5.41, 5.74) is 6.17. The Kier molecular flexibility index (Phi) is 3.77. The first-order valence-electron chi connectivity index (χ1n) is 6.98. The number of nitrogens with two attached hydrogens (primary N) is 1. The Morgan fingerprint density at radius 3 is 2.88 bits per heavy atom. The first-order chi connectivity index (χ1) is 11.5. The number of rotatable bonds is 4. The molecule has 0 fully saturated rings. The van der Waals surface area contributed by atoms with Crippen molar-refractivity contribution in [3.63, 3.8) is 0 Å². The van der Waals surface area contributed by atoms with Crippen molar-refractivity contribution in [3.05, 3.63) is 28.4 Å². The van der Waals surface area contributed by atoms with Gasteiger partial charge in [0.2, 0.25) is 5.82 Å². The Bertz CT molecular complexity index is 941. The molecule has 0 bridgehead atoms. The fraction of sp³-hybridized carbons (Fsp3) is 0.250. The Hall–Kier alpha value is -3.57. The van der Waals surface area contributed by atoms with Crippen molar-refractivity contribution < 1.29 is 4.92 Å². The van der Waals surface area contributed by atoms with Crippen LogP contribution in [0.15, 0.2) is 23.3 Å². The van der Waals surface area contributed by atoms with E-state index in [0.29, 0.717) is 18.0 Å². The highest BCUT2D eigenvalue weighted by molar-refractivity contribution is 5.80. The first kappa shape index (κ1) is 15.3. The molecule has 0 spiro atoms. The van der Waals surface area contributed by atoms with E-state index in [-0.39, 0.29) is 23.4 Å². The molecule has 0 aromatic carbocycles. The molecule has 0 saturated heterocycles. The average molecular weight is 330 g/mol. The Labute approximate surface area is 135 Å². The van der Waals surface area contributed by atoms with E-state index in [1.165, 1.54) is 16.1 Å². The molecule has 0 radical (unpaired) electrons. The molecule has 0 saturated carbocycles. The maximum absolute atomic E-state index is 11.0. The monoisotopic (exact) mass is 330 g/mol. The van der Waals surface area contributed by atoms with E-state index in [1.807, 2.05) is 6.92 Å². The van der Waals surface area contributed by atoms with Crippen LogP contribution in [0.1, 0.15) is 6.92 Å². The second-order valence-electron chi connectivity index (χ2n) is 4.77. The molecule has 124 valence electrons. The van der Waals surface area contributed by atoms with Crippen LogP contribution in [0.5, 0.6) is 0 Å². The second kappa shape index (κ2) is 5.91. The van der Waals surface area contributed by atoms with E-state index in [0.717, 1.165) is 6.20 Å². The van der Waals surface area contributed by atoms with Crippen LogP contribution in [0.25, 0.3) is 17.3 Å². The second-order valence-corrected chi connectivity index (χ2v) is 4.77. The molecule has 0 amide bonds. The van der Waals surface area contributed by atoms with E-state index < -0.39 is 4.92 Å². The van der Waals surface area contributed by atoms with Crippen molar-refractivity contribution in [2.75, 3.05) is 6.54 Å². The highest BCUT2D eigenvalue weighted by Crippen LogP contribution is 2.21. The average Bonchev–Trinajstić information content (AvgIpc) is 3.10. The summed E-state index contributed by atoms with van der Waals surface area (Å²) in [6, 6.07) is 3.30. The zero-order valence-electron chi connectivity index (χ0n) is 12.9. The Morgan fingerprint density at radius 2 is 2.21 bits per heavy atom. The van der Waals surface area contributed by atoms with Gasteiger partial charge in [0.05, 0.1) is 7.05 Å². The zero-order valence-corrected chi connectivity index (χ0v) is 12.9. The normalized spacial score (nSPS) is 11.8. The molecule has 0 aliphatic carbocycles. The lowest BCUT2D eigenvalue weighted by Gasteiger charge is -2.02. The first-order valence-corrected chi connectivity index (χ1v) is 6.98. The summed E-state index contributed by atoms with van der Waals surface area (Å²) < 4.78 is 2.71. The number of aromatic nitrogens is 6. The highest BCUT2D eigenvalue weighted by atomic mass is 16.6. The van der Waals surface area contributed by atoms with Crippen LogP contribution in [0.3, 0.4) is 0 Å². The number of hydrogen-bond acceptors (Lipinski definition) is 7. The fourth-order valence-corrected chi connectivity index (χ4v) is 2.10. The summed E-state index contributed by atoms with van der Waals surface area (Å²) in [6.07, 6.45) is 1.15. The minimum atomic E-state index is -0.528. The van der Waals surface area contributed by atoms with Crippen molar-refractivity contribution in [2.45, 2.75) is 6.92 Å². The topological polar surface area (TPSA) is 154 Å². The Balaban J connectivity index is 2.10. The zero-order chi connectivity index (χ0) is 17.3. The minimum Gasteiger partial charge on any atom is -0.370 e. The molecule has 3 rings (SSSR count). The van der Waals surface area contributed by atoms with Gasteiger partial charge in [-0.2, -0.15) is 9.51 Å². The molecule has 3 aromatic rings. The standard InChI is InChI=1S/C12H14N10O2/c1-3-14-12(13)16-7-4-5-8-17-18-11(21(8)19-7)10-15-6-9(20(10)2)22(23)24/h4-6H,3H2,1-2H3,(H3,13,14,16,19). The molecule has 0 unspecified atom stereocenters. The summed E-state index contributed by atoms with van der Waals surface area (Å²) in [5.74, 6) is 0.937. The SMILES string of the molecule is CCNC(N)=Nc1ccc2nnc(-c3ncc([N+](=O)[O-])n3C)n2n1. The van der Waals surface area contributed by atoms with Crippen LogP contribution in [0.2, 0.25) is 0 Å². The van der Waals surface area contributed by atoms with Crippen molar-refractivity contribution >= 4 is 23.2 Å². The third kappa shape index (κ3) is 2.60. The maximum atomic E-state index is 11.0. The van der Waals surface area contributed by atoms with Crippen LogP contribution in [-0.4, -0.2) is 46.8 Å². The third-order valence-corrected chi connectivity index (χ3v) is 3.19. The maximum Gasteiger partial charge on any atom is 0.343 e. The molecule has 3 heterocycles. The van der Waals surface area contributed by atoms with E-state index in [1.54, 1.807) is 12.1 Å². The summed E-state index contributed by atoms with van der Waals surface area (Å²) in [4.78, 5) is 18.6. The van der Waals surface area contributed by atoms with Crippen molar-refractivity contribution in [2.24, 2.45) is 17.8 Å². The molecule has 12 nitrogen and oxygen atoms in total. The lowest BCUT2D eigenvalue weighted by molar-refractivity contribution is -0.391. The van der Waals surface area contributed by atoms with Crippen LogP contribution in [-0.2, 0) is 7.05 Å². The molecular formula is C12H14N10O2. The van der Waals surface area contributed by atoms with Crippen molar-refractivity contribution in [1.82, 2.24) is 34.7 Å². The molecule has 3 aromatic heterocycles. The molecule has 0 atom stereocenters. The summed E-state index contributed by atoms with van der Waals surface area (Å²) in [5, 5.41) is 26.1. The van der Waals surface area contributed by atoms with Gasteiger partial charge in [-0.1, -0.05) is 0 Å². The van der Waals surface area contributed by atoms with Gasteiger partial charge >= 0.3 is 5.82 Å². The van der Waals surface area contributed by atoms with Crippen molar-refractivity contribution in [1.29, 1.82) is 0 Å². The van der Waals surface area contributed by atoms with Gasteiger partial charge in [0.1, 0.15) is 6.20 Å². The molecule has 12 heteroatoms. The number of hydrogen-bond donors (Lipinski definition) is 2. The number of aliphatic imine (C=N–C) groups is 1. The summed E-state index contributed by atoms with van der Waals surface area (Å²) >= 11 is 0. The number of nitro groups is 1. The number of imidazole rings is 1. The quantitative estimate of drug-likeness (QED) is 0.293. The third-order valence-electron chi connectivity index (χ3n) is 3.19. The van der Waals surface area contributed by atoms with Gasteiger partial charge in [-0.15, -0.1) is 15.3 Å². The lowest BCUT2D eigenvalue weighted by Crippen LogP contribution is -2.30. The molecule has 3 N–H and O–H groups in total. The largest absolute Gasteiger partial charge is 0.370 e. The van der Waals surface area contributed by atoms with Crippen LogP contribution < -0.4 is 11.1 Å². The lowest BCUT2D eigenvalue weighted by atomic mass is 10.5. The van der Waals surface area contributed by atoms with Gasteiger partial charge < -0.3 is 21.2 Å². The summed E-state index contributed by atoms with van der Waals surface area (Å²) in [7, 11) is 1.52. The summed E-state index contributed by atoms with van der Waals surface area (Å²) in [6.45, 7) is 2.53. The number of guanidine groups is 1. The number of nitrogens with one attached hydrogen (secondary N) is 1. The van der Waals surface area contributed by atoms with Gasteiger partial charge in [0.15, 0.2) is 17.4 Å². The molecule has 24 heavy (non-hydrogen) atoms. The predicted octanol–water partition coefficient (Wildman–Crippen LogP) is -0.0113. The fourth-order valence-electron chi connectivity index (χ4n) is 2.10. The molecule has 0 aliphatic rings. The molecule has 0 aliphatic heterocycles. The van der Waals surface area contributed by atoms with Gasteiger partial charge in [-0.3, -0.25) is 0 Å². The number of nitrogens with zero attached hydrogens (tertiary/aromatic N) is 8. The van der Waals surface area contributed by atoms with E-state index in [9.17, 15) is 10.1 Å². The van der Waals surface area contributed by atoms with Gasteiger partial charge in [0, 0.05) is 6.54 Å².